The number of aliphatic hydroxyl groups is 1. The Bertz CT molecular complexity index is 681. The average Bonchev–Trinajstić information content (AvgIpc) is 3.14. The number of fused-ring (bicyclic) bond motifs is 1. The van der Waals surface area contributed by atoms with Crippen molar-refractivity contribution in [2.45, 2.75) is 64.5 Å². The molecule has 2 heterocycles. The van der Waals surface area contributed by atoms with Crippen LogP contribution >= 0.6 is 11.3 Å². The number of amides is 1. The van der Waals surface area contributed by atoms with Gasteiger partial charge in [-0.25, -0.2) is 0 Å². The van der Waals surface area contributed by atoms with Crippen molar-refractivity contribution in [3.05, 3.63) is 16.6 Å². The van der Waals surface area contributed by atoms with Crippen molar-refractivity contribution in [3.63, 3.8) is 0 Å². The van der Waals surface area contributed by atoms with Crippen molar-refractivity contribution >= 4 is 27.5 Å². The molecule has 5 nitrogen and oxygen atoms in total. The summed E-state index contributed by atoms with van der Waals surface area (Å²) in [5, 5.41) is 18.0. The van der Waals surface area contributed by atoms with Gasteiger partial charge in [-0.2, -0.15) is 5.10 Å². The van der Waals surface area contributed by atoms with Gasteiger partial charge in [-0.15, -0.1) is 11.3 Å². The molecule has 1 atom stereocenters. The van der Waals surface area contributed by atoms with Crippen LogP contribution in [0.25, 0.3) is 10.2 Å². The smallest absolute Gasteiger partial charge is 0.261 e. The van der Waals surface area contributed by atoms with Crippen LogP contribution in [0.4, 0.5) is 0 Å². The molecular weight excluding hydrogens is 310 g/mol. The molecule has 0 spiro atoms. The highest BCUT2D eigenvalue weighted by atomic mass is 32.1. The minimum absolute atomic E-state index is 0.0258. The lowest BCUT2D eigenvalue weighted by molar-refractivity contribution is 0.0919. The summed E-state index contributed by atoms with van der Waals surface area (Å²) >= 11 is 1.52. The molecule has 0 aliphatic heterocycles. The van der Waals surface area contributed by atoms with E-state index in [9.17, 15) is 9.90 Å². The van der Waals surface area contributed by atoms with Crippen LogP contribution in [0.3, 0.4) is 0 Å². The summed E-state index contributed by atoms with van der Waals surface area (Å²) in [5.74, 6) is -0.0957. The lowest BCUT2D eigenvalue weighted by Crippen LogP contribution is -2.36. The van der Waals surface area contributed by atoms with E-state index >= 15 is 0 Å². The molecule has 2 N–H and O–H groups in total. The number of hydrogen-bond acceptors (Lipinski definition) is 4. The number of nitrogens with one attached hydrogen (secondary N) is 1. The van der Waals surface area contributed by atoms with Gasteiger partial charge in [0.1, 0.15) is 4.83 Å². The number of aliphatic hydroxyl groups excluding tert-OH is 1. The van der Waals surface area contributed by atoms with E-state index in [-0.39, 0.29) is 18.6 Å². The van der Waals surface area contributed by atoms with Gasteiger partial charge in [0.2, 0.25) is 0 Å². The molecule has 1 aliphatic carbocycles. The molecule has 3 rings (SSSR count). The van der Waals surface area contributed by atoms with Gasteiger partial charge in [-0.3, -0.25) is 9.48 Å². The molecule has 1 saturated carbocycles. The van der Waals surface area contributed by atoms with Crippen molar-refractivity contribution in [3.8, 4) is 0 Å². The van der Waals surface area contributed by atoms with Crippen molar-refractivity contribution < 1.29 is 9.90 Å². The molecule has 1 aliphatic rings. The molecule has 1 fully saturated rings. The highest BCUT2D eigenvalue weighted by Gasteiger charge is 2.23. The van der Waals surface area contributed by atoms with E-state index in [1.165, 1.54) is 43.4 Å². The second-order valence-corrected chi connectivity index (χ2v) is 7.44. The van der Waals surface area contributed by atoms with Crippen molar-refractivity contribution in [2.24, 2.45) is 0 Å². The molecule has 2 aromatic rings. The second kappa shape index (κ2) is 7.01. The Kier molecular flexibility index (Phi) is 5.02. The maximum atomic E-state index is 12.4. The SMILES string of the molecule is CC[C@H](CO)NC(=O)c1cc2c(C)nn(C3CCCCC3)c2s1. The van der Waals surface area contributed by atoms with Crippen molar-refractivity contribution in [1.29, 1.82) is 0 Å². The van der Waals surface area contributed by atoms with Crippen molar-refractivity contribution in [1.82, 2.24) is 15.1 Å². The molecule has 0 unspecified atom stereocenters. The monoisotopic (exact) mass is 335 g/mol. The summed E-state index contributed by atoms with van der Waals surface area (Å²) in [6.07, 6.45) is 6.92. The summed E-state index contributed by atoms with van der Waals surface area (Å²) in [6, 6.07) is 2.24. The third-order valence-electron chi connectivity index (χ3n) is 4.76. The van der Waals surface area contributed by atoms with Gasteiger partial charge in [-0.05, 0) is 32.3 Å². The Balaban J connectivity index is 1.88. The molecule has 2 aromatic heterocycles. The number of nitrogens with zero attached hydrogens (tertiary/aromatic N) is 2. The van der Waals surface area contributed by atoms with Gasteiger partial charge in [0.05, 0.1) is 29.3 Å². The van der Waals surface area contributed by atoms with E-state index in [4.69, 9.17) is 5.10 Å². The summed E-state index contributed by atoms with van der Waals surface area (Å²) < 4.78 is 2.15. The first kappa shape index (κ1) is 16.5. The predicted molar refractivity (Wildman–Crippen MR) is 93.1 cm³/mol. The number of rotatable bonds is 5. The minimum atomic E-state index is -0.177. The number of aromatic nitrogens is 2. The Morgan fingerprint density at radius 1 is 1.48 bits per heavy atom. The topological polar surface area (TPSA) is 67.2 Å². The van der Waals surface area contributed by atoms with Crippen LogP contribution in [0.15, 0.2) is 6.07 Å². The van der Waals surface area contributed by atoms with Gasteiger partial charge in [-0.1, -0.05) is 26.2 Å². The number of thiophene rings is 1. The third kappa shape index (κ3) is 3.28. The molecule has 0 saturated heterocycles. The zero-order chi connectivity index (χ0) is 16.4. The Labute approximate surface area is 140 Å². The van der Waals surface area contributed by atoms with E-state index in [0.29, 0.717) is 10.9 Å². The van der Waals surface area contributed by atoms with E-state index in [2.05, 4.69) is 10.00 Å². The lowest BCUT2D eigenvalue weighted by Gasteiger charge is -2.22. The highest BCUT2D eigenvalue weighted by Crippen LogP contribution is 2.35. The minimum Gasteiger partial charge on any atom is -0.394 e. The molecule has 23 heavy (non-hydrogen) atoms. The zero-order valence-corrected chi connectivity index (χ0v) is 14.7. The van der Waals surface area contributed by atoms with Gasteiger partial charge < -0.3 is 10.4 Å². The Morgan fingerprint density at radius 3 is 2.87 bits per heavy atom. The quantitative estimate of drug-likeness (QED) is 0.880. The van der Waals surface area contributed by atoms with Crippen molar-refractivity contribution in [2.75, 3.05) is 6.61 Å². The van der Waals surface area contributed by atoms with Crippen LogP contribution < -0.4 is 5.32 Å². The first-order chi connectivity index (χ1) is 11.1. The lowest BCUT2D eigenvalue weighted by atomic mass is 9.96. The van der Waals surface area contributed by atoms with Gasteiger partial charge >= 0.3 is 0 Å². The second-order valence-electron chi connectivity index (χ2n) is 6.41. The van der Waals surface area contributed by atoms with Crippen LogP contribution in [-0.4, -0.2) is 33.4 Å². The summed E-state index contributed by atoms with van der Waals surface area (Å²) in [4.78, 5) is 14.2. The molecule has 6 heteroatoms. The van der Waals surface area contributed by atoms with Crippen LogP contribution in [0.2, 0.25) is 0 Å². The standard InChI is InChI=1S/C17H25N3O2S/c1-3-12(10-21)18-16(22)15-9-14-11(2)19-20(17(14)23-15)13-7-5-4-6-8-13/h9,12-13,21H,3-8,10H2,1-2H3,(H,18,22)/t12-/m1/s1. The molecule has 0 aromatic carbocycles. The van der Waals surface area contributed by atoms with Gasteiger partial charge in [0.15, 0.2) is 0 Å². The summed E-state index contributed by atoms with van der Waals surface area (Å²) in [7, 11) is 0. The molecule has 126 valence electrons. The van der Waals surface area contributed by atoms with E-state index in [1.54, 1.807) is 0 Å². The average molecular weight is 335 g/mol. The van der Waals surface area contributed by atoms with Crippen LogP contribution in [0, 0.1) is 6.92 Å². The highest BCUT2D eigenvalue weighted by molar-refractivity contribution is 7.20. The maximum absolute atomic E-state index is 12.4. The Morgan fingerprint density at radius 2 is 2.22 bits per heavy atom. The molecule has 0 bridgehead atoms. The molecular formula is C17H25N3O2S. The first-order valence-corrected chi connectivity index (χ1v) is 9.36. The number of carbonyl (C=O) groups excluding carboxylic acids is 1. The summed E-state index contributed by atoms with van der Waals surface area (Å²) in [5.41, 5.74) is 0.995. The van der Waals surface area contributed by atoms with E-state index in [0.717, 1.165) is 22.3 Å². The zero-order valence-electron chi connectivity index (χ0n) is 13.8. The summed E-state index contributed by atoms with van der Waals surface area (Å²) in [6.45, 7) is 3.94. The largest absolute Gasteiger partial charge is 0.394 e. The van der Waals surface area contributed by atoms with E-state index in [1.807, 2.05) is 19.9 Å². The fourth-order valence-corrected chi connectivity index (χ4v) is 4.43. The van der Waals surface area contributed by atoms with Gasteiger partial charge in [0.25, 0.3) is 5.91 Å². The normalized spacial score (nSPS) is 17.5. The van der Waals surface area contributed by atoms with Crippen LogP contribution in [0.1, 0.15) is 66.9 Å². The maximum Gasteiger partial charge on any atom is 0.261 e. The Hall–Kier alpha value is -1.40. The number of hydrogen-bond donors (Lipinski definition) is 2. The van der Waals surface area contributed by atoms with Crippen LogP contribution in [0.5, 0.6) is 0 Å². The fraction of sp³-hybridized carbons (Fsp3) is 0.647. The number of aryl methyl sites for hydroxylation is 1. The predicted octanol–water partition coefficient (Wildman–Crippen LogP) is 3.41. The molecule has 1 amide bonds. The molecule has 0 radical (unpaired) electrons. The van der Waals surface area contributed by atoms with Crippen LogP contribution in [-0.2, 0) is 0 Å². The first-order valence-electron chi connectivity index (χ1n) is 8.54. The van der Waals surface area contributed by atoms with Gasteiger partial charge in [0, 0.05) is 5.39 Å². The van der Waals surface area contributed by atoms with E-state index < -0.39 is 0 Å². The third-order valence-corrected chi connectivity index (χ3v) is 5.88. The fourth-order valence-electron chi connectivity index (χ4n) is 3.29. The number of carbonyl (C=O) groups is 1.